The minimum absolute atomic E-state index is 0.0694. The summed E-state index contributed by atoms with van der Waals surface area (Å²) in [6.07, 6.45) is 9.34. The van der Waals surface area contributed by atoms with Gasteiger partial charge < -0.3 is 30.1 Å². The number of anilines is 1. The Morgan fingerprint density at radius 2 is 2.03 bits per heavy atom. The molecule has 3 aliphatic heterocycles. The molecule has 1 amide bonds. The average Bonchev–Trinajstić information content (AvgIpc) is 3.44. The summed E-state index contributed by atoms with van der Waals surface area (Å²) in [5, 5.41) is 10.7. The number of nitrogen functional groups attached to an aromatic ring is 1. The molecule has 35 heavy (non-hydrogen) atoms. The highest BCUT2D eigenvalue weighted by Gasteiger charge is 2.49. The van der Waals surface area contributed by atoms with Crippen LogP contribution in [-0.2, 0) is 9.47 Å². The van der Waals surface area contributed by atoms with E-state index in [1.165, 1.54) is 30.2 Å². The Labute approximate surface area is 202 Å². The lowest BCUT2D eigenvalue weighted by Gasteiger charge is -2.40. The predicted octanol–water partition coefficient (Wildman–Crippen LogP) is 1.29. The van der Waals surface area contributed by atoms with Crippen molar-refractivity contribution in [2.24, 2.45) is 0 Å². The van der Waals surface area contributed by atoms with Crippen molar-refractivity contribution < 1.29 is 23.8 Å². The lowest BCUT2D eigenvalue weighted by Crippen LogP contribution is -2.49. The maximum atomic E-state index is 13.7. The van der Waals surface area contributed by atoms with E-state index in [4.69, 9.17) is 21.6 Å². The van der Waals surface area contributed by atoms with Gasteiger partial charge in [0, 0.05) is 25.6 Å². The number of fused-ring (bicyclic) bond motifs is 1. The monoisotopic (exact) mass is 487 g/mol. The second-order valence-corrected chi connectivity index (χ2v) is 9.43. The summed E-state index contributed by atoms with van der Waals surface area (Å²) in [6, 6.07) is 0.504. The topological polar surface area (TPSA) is 132 Å². The number of likely N-dealkylation sites (tertiary alicyclic amines) is 2. The van der Waals surface area contributed by atoms with Gasteiger partial charge in [-0.2, -0.15) is 14.4 Å². The second kappa shape index (κ2) is 9.56. The van der Waals surface area contributed by atoms with Gasteiger partial charge in [-0.1, -0.05) is 12.3 Å². The normalized spacial score (nSPS) is 28.3. The number of nitrogens with zero attached hydrogens (tertiary/aromatic N) is 6. The van der Waals surface area contributed by atoms with Crippen molar-refractivity contribution in [2.75, 3.05) is 38.5 Å². The molecule has 12 heteroatoms. The molecule has 188 valence electrons. The molecule has 3 atom stereocenters. The molecule has 5 rings (SSSR count). The molecule has 3 saturated heterocycles. The second-order valence-electron chi connectivity index (χ2n) is 9.43. The smallest absolute Gasteiger partial charge is 0.409 e. The van der Waals surface area contributed by atoms with E-state index >= 15 is 0 Å². The van der Waals surface area contributed by atoms with Crippen LogP contribution in [0.15, 0.2) is 6.33 Å². The van der Waals surface area contributed by atoms with Crippen molar-refractivity contribution in [1.82, 2.24) is 29.3 Å². The molecule has 3 fully saturated rings. The molecule has 0 bridgehead atoms. The van der Waals surface area contributed by atoms with Gasteiger partial charge in [0.25, 0.3) is 0 Å². The van der Waals surface area contributed by atoms with E-state index < -0.39 is 30.1 Å². The number of hydrogen-bond acceptors (Lipinski definition) is 9. The third-order valence-corrected chi connectivity index (χ3v) is 7.32. The summed E-state index contributed by atoms with van der Waals surface area (Å²) >= 11 is 0. The van der Waals surface area contributed by atoms with E-state index in [1.807, 2.05) is 0 Å². The third kappa shape index (κ3) is 4.51. The summed E-state index contributed by atoms with van der Waals surface area (Å²) in [4.78, 5) is 28.3. The fraction of sp³-hybridized carbons (Fsp3) is 0.652. The van der Waals surface area contributed by atoms with Gasteiger partial charge in [0.1, 0.15) is 18.9 Å². The zero-order chi connectivity index (χ0) is 24.6. The minimum Gasteiger partial charge on any atom is -0.445 e. The molecule has 2 aromatic rings. The highest BCUT2D eigenvalue weighted by atomic mass is 19.1. The van der Waals surface area contributed by atoms with Crippen LogP contribution in [0.2, 0.25) is 0 Å². The molecule has 3 aliphatic rings. The van der Waals surface area contributed by atoms with Crippen LogP contribution in [0.1, 0.15) is 44.8 Å². The van der Waals surface area contributed by atoms with Gasteiger partial charge in [-0.25, -0.2) is 9.78 Å². The molecular weight excluding hydrogens is 457 g/mol. The van der Waals surface area contributed by atoms with E-state index in [9.17, 15) is 14.3 Å². The number of hydrogen-bond donors (Lipinski definition) is 2. The van der Waals surface area contributed by atoms with Crippen molar-refractivity contribution in [3.8, 4) is 12.3 Å². The number of aromatic nitrogens is 4. The molecule has 5 heterocycles. The first kappa shape index (κ1) is 23.7. The van der Waals surface area contributed by atoms with Crippen molar-refractivity contribution >= 4 is 23.1 Å². The highest BCUT2D eigenvalue weighted by Crippen LogP contribution is 2.38. The van der Waals surface area contributed by atoms with E-state index in [-0.39, 0.29) is 30.0 Å². The van der Waals surface area contributed by atoms with Gasteiger partial charge in [0.2, 0.25) is 0 Å². The summed E-state index contributed by atoms with van der Waals surface area (Å²) in [5.41, 5.74) is 4.50. The fourth-order valence-electron chi connectivity index (χ4n) is 5.30. The standard InChI is InChI=1S/C23H30FN7O4/c1-2-23(13-34-22(33)30-10-6-15(7-11-30)29-8-4-3-5-9-29)16(32)12-17(35-23)31-14-26-18-19(25)27-21(24)28-20(18)31/h1,14-17,32H,3-13H2,(H2,25,27,28)/t16?,17-,23-/m1/s1. The zero-order valence-corrected chi connectivity index (χ0v) is 19.5. The number of halogens is 1. The first-order chi connectivity index (χ1) is 16.9. The van der Waals surface area contributed by atoms with Crippen LogP contribution in [0.3, 0.4) is 0 Å². The average molecular weight is 488 g/mol. The maximum absolute atomic E-state index is 13.7. The van der Waals surface area contributed by atoms with Gasteiger partial charge in [-0.3, -0.25) is 4.57 Å². The number of imidazole rings is 1. The van der Waals surface area contributed by atoms with Crippen LogP contribution in [0.5, 0.6) is 0 Å². The van der Waals surface area contributed by atoms with Crippen molar-refractivity contribution in [2.45, 2.75) is 62.5 Å². The highest BCUT2D eigenvalue weighted by molar-refractivity contribution is 5.81. The van der Waals surface area contributed by atoms with Gasteiger partial charge in [0.15, 0.2) is 22.6 Å². The Hall–Kier alpha value is -3.01. The largest absolute Gasteiger partial charge is 0.445 e. The number of rotatable bonds is 4. The number of aliphatic hydroxyl groups excluding tert-OH is 1. The van der Waals surface area contributed by atoms with Gasteiger partial charge in [0.05, 0.1) is 6.33 Å². The number of piperidine rings is 2. The Morgan fingerprint density at radius 3 is 2.74 bits per heavy atom. The van der Waals surface area contributed by atoms with Crippen LogP contribution in [-0.4, -0.2) is 91.1 Å². The van der Waals surface area contributed by atoms with Gasteiger partial charge in [-0.05, 0) is 38.8 Å². The predicted molar refractivity (Wildman–Crippen MR) is 123 cm³/mol. The first-order valence-corrected chi connectivity index (χ1v) is 12.0. The summed E-state index contributed by atoms with van der Waals surface area (Å²) in [7, 11) is 0. The zero-order valence-electron chi connectivity index (χ0n) is 19.5. The summed E-state index contributed by atoms with van der Waals surface area (Å²) < 4.78 is 26.7. The molecule has 3 N–H and O–H groups in total. The Bertz CT molecular complexity index is 1120. The molecule has 1 unspecified atom stereocenters. The van der Waals surface area contributed by atoms with Gasteiger partial charge in [-0.15, -0.1) is 6.42 Å². The lowest BCUT2D eigenvalue weighted by atomic mass is 9.99. The van der Waals surface area contributed by atoms with Crippen LogP contribution in [0.4, 0.5) is 15.0 Å². The van der Waals surface area contributed by atoms with E-state index in [0.29, 0.717) is 19.1 Å². The Balaban J connectivity index is 1.21. The number of carbonyl (C=O) groups is 1. The third-order valence-electron chi connectivity index (χ3n) is 7.32. The van der Waals surface area contributed by atoms with Crippen molar-refractivity contribution in [3.63, 3.8) is 0 Å². The van der Waals surface area contributed by atoms with Crippen LogP contribution in [0.25, 0.3) is 11.2 Å². The quantitative estimate of drug-likeness (QED) is 0.484. The van der Waals surface area contributed by atoms with Crippen molar-refractivity contribution in [1.29, 1.82) is 0 Å². The Morgan fingerprint density at radius 1 is 1.29 bits per heavy atom. The lowest BCUT2D eigenvalue weighted by molar-refractivity contribution is -0.0943. The summed E-state index contributed by atoms with van der Waals surface area (Å²) in [6.45, 7) is 3.18. The maximum Gasteiger partial charge on any atom is 0.409 e. The molecule has 0 spiro atoms. The number of ether oxygens (including phenoxy) is 2. The number of terminal acetylenes is 1. The van der Waals surface area contributed by atoms with E-state index in [1.54, 1.807) is 4.90 Å². The van der Waals surface area contributed by atoms with Crippen LogP contribution >= 0.6 is 0 Å². The molecule has 0 saturated carbocycles. The molecule has 0 aromatic carbocycles. The Kier molecular flexibility index (Phi) is 6.48. The molecule has 11 nitrogen and oxygen atoms in total. The van der Waals surface area contributed by atoms with Gasteiger partial charge >= 0.3 is 12.2 Å². The number of carbonyl (C=O) groups excluding carboxylic acids is 1. The number of aliphatic hydroxyl groups is 1. The molecular formula is C23H30FN7O4. The number of nitrogens with two attached hydrogens (primary N) is 1. The van der Waals surface area contributed by atoms with Crippen LogP contribution in [0, 0.1) is 18.4 Å². The summed E-state index contributed by atoms with van der Waals surface area (Å²) in [5.74, 6) is 2.35. The molecule has 2 aromatic heterocycles. The van der Waals surface area contributed by atoms with E-state index in [0.717, 1.165) is 25.9 Å². The SMILES string of the molecule is C#C[C@]1(COC(=O)N2CCC(N3CCCCC3)CC2)O[C@@H](n2cnc3c(N)nc(F)nc32)CC1O. The molecule has 0 aliphatic carbocycles. The van der Waals surface area contributed by atoms with Crippen molar-refractivity contribution in [3.05, 3.63) is 12.4 Å². The molecule has 0 radical (unpaired) electrons. The van der Waals surface area contributed by atoms with Crippen LogP contribution < -0.4 is 5.73 Å². The minimum atomic E-state index is -1.56. The first-order valence-electron chi connectivity index (χ1n) is 12.0. The fourth-order valence-corrected chi connectivity index (χ4v) is 5.30. The van der Waals surface area contributed by atoms with E-state index in [2.05, 4.69) is 25.8 Å². The number of amides is 1.